The van der Waals surface area contributed by atoms with Crippen molar-refractivity contribution in [1.29, 1.82) is 5.26 Å². The van der Waals surface area contributed by atoms with Gasteiger partial charge in [0.2, 0.25) is 5.78 Å². The molecule has 0 aliphatic heterocycles. The van der Waals surface area contributed by atoms with Gasteiger partial charge in [0.25, 0.3) is 0 Å². The van der Waals surface area contributed by atoms with Crippen molar-refractivity contribution in [2.45, 2.75) is 6.92 Å². The van der Waals surface area contributed by atoms with Crippen LogP contribution in [0.25, 0.3) is 0 Å². The highest BCUT2D eigenvalue weighted by molar-refractivity contribution is 6.26. The molecule has 1 rings (SSSR count). The number of nitriles is 1. The monoisotopic (exact) mass is 349 g/mol. The number of hydrogen-bond donors (Lipinski definition) is 3. The third-order valence-electron chi connectivity index (χ3n) is 2.46. The predicted molar refractivity (Wildman–Crippen MR) is 84.4 cm³/mol. The van der Waals surface area contributed by atoms with Crippen LogP contribution in [0.3, 0.4) is 0 Å². The highest BCUT2D eigenvalue weighted by Gasteiger charge is 2.17. The van der Waals surface area contributed by atoms with Crippen molar-refractivity contribution in [1.82, 2.24) is 0 Å². The zero-order valence-corrected chi connectivity index (χ0v) is 13.1. The fourth-order valence-electron chi connectivity index (χ4n) is 1.21. The molecule has 1 unspecified atom stereocenters. The number of carboxylic acid groups (broad SMARTS) is 3. The first-order valence-electron chi connectivity index (χ1n) is 6.38. The fraction of sp³-hybridized carbons (Fsp3) is 0.125. The summed E-state index contributed by atoms with van der Waals surface area (Å²) in [6.45, 7) is 7.39. The number of carboxylic acids is 3. The lowest BCUT2D eigenvalue weighted by molar-refractivity contribution is -0.131. The van der Waals surface area contributed by atoms with Gasteiger partial charge < -0.3 is 15.3 Å². The van der Waals surface area contributed by atoms with Gasteiger partial charge in [-0.05, 0) is 25.1 Å². The van der Waals surface area contributed by atoms with E-state index in [2.05, 4.69) is 13.2 Å². The smallest absolute Gasteiger partial charge is 0.336 e. The van der Waals surface area contributed by atoms with Crippen LogP contribution in [-0.2, 0) is 9.59 Å². The lowest BCUT2D eigenvalue weighted by atomic mass is 10.0. The summed E-state index contributed by atoms with van der Waals surface area (Å²) in [5.41, 5.74) is -1.24. The maximum Gasteiger partial charge on any atom is 0.336 e. The van der Waals surface area contributed by atoms with Gasteiger partial charge in [-0.2, -0.15) is 5.26 Å². The Labute approximate surface area is 142 Å². The lowest BCUT2D eigenvalue weighted by Gasteiger charge is -2.02. The zero-order chi connectivity index (χ0) is 20.2. The second kappa shape index (κ2) is 11.7. The van der Waals surface area contributed by atoms with Crippen LogP contribution in [0.15, 0.2) is 31.4 Å². The first-order valence-corrected chi connectivity index (χ1v) is 6.38. The molecule has 0 radical (unpaired) electrons. The molecular formula is C16H15NO8. The van der Waals surface area contributed by atoms with Crippen LogP contribution in [-0.4, -0.2) is 45.3 Å². The zero-order valence-electron chi connectivity index (χ0n) is 13.1. The van der Waals surface area contributed by atoms with E-state index >= 15 is 0 Å². The maximum atomic E-state index is 10.6. The van der Waals surface area contributed by atoms with Crippen LogP contribution >= 0.6 is 0 Å². The first kappa shape index (κ1) is 23.5. The lowest BCUT2D eigenvalue weighted by Crippen LogP contribution is -2.10. The number of aldehydes is 1. The summed E-state index contributed by atoms with van der Waals surface area (Å²) in [6.07, 6.45) is 0.161. The minimum absolute atomic E-state index is 0.161. The Balaban J connectivity index is 0. The molecule has 1 aromatic rings. The van der Waals surface area contributed by atoms with Crippen LogP contribution in [0.2, 0.25) is 0 Å². The van der Waals surface area contributed by atoms with Gasteiger partial charge in [-0.25, -0.2) is 14.4 Å². The van der Waals surface area contributed by atoms with Crippen LogP contribution in [0.1, 0.15) is 38.0 Å². The molecule has 0 saturated heterocycles. The minimum atomic E-state index is -1.48. The summed E-state index contributed by atoms with van der Waals surface area (Å²) in [5, 5.41) is 33.9. The molecule has 1 atom stereocenters. The summed E-state index contributed by atoms with van der Waals surface area (Å²) in [4.78, 5) is 51.5. The molecule has 0 aromatic heterocycles. The largest absolute Gasteiger partial charge is 0.478 e. The van der Waals surface area contributed by atoms with Crippen molar-refractivity contribution in [3.8, 4) is 6.07 Å². The number of ketones is 1. The number of carbonyl (C=O) groups excluding carboxylic acids is 2. The molecule has 0 amide bonds. The van der Waals surface area contributed by atoms with E-state index in [0.717, 1.165) is 18.2 Å². The number of nitrogens with zero attached hydrogens (tertiary/aromatic N) is 1. The van der Waals surface area contributed by atoms with Gasteiger partial charge in [0.1, 0.15) is 5.92 Å². The van der Waals surface area contributed by atoms with Gasteiger partial charge in [-0.3, -0.25) is 9.59 Å². The van der Waals surface area contributed by atoms with Crippen molar-refractivity contribution in [3.63, 3.8) is 0 Å². The van der Waals surface area contributed by atoms with Gasteiger partial charge in [-0.1, -0.05) is 0 Å². The second-order valence-corrected chi connectivity index (χ2v) is 4.05. The Hall–Kier alpha value is -3.80. The maximum absolute atomic E-state index is 10.6. The summed E-state index contributed by atoms with van der Waals surface area (Å²) in [5.74, 6) is -5.64. The predicted octanol–water partition coefficient (Wildman–Crippen LogP) is 1.50. The number of Topliss-reactive ketones (excluding diaryl/α,β-unsaturated/α-hetero) is 1. The fourth-order valence-corrected chi connectivity index (χ4v) is 1.21. The second-order valence-electron chi connectivity index (χ2n) is 4.05. The van der Waals surface area contributed by atoms with E-state index in [-0.39, 0.29) is 11.8 Å². The Morgan fingerprint density at radius 2 is 1.52 bits per heavy atom. The first-order chi connectivity index (χ1) is 11.6. The van der Waals surface area contributed by atoms with Crippen molar-refractivity contribution >= 4 is 30.0 Å². The Morgan fingerprint density at radius 3 is 1.80 bits per heavy atom. The van der Waals surface area contributed by atoms with Crippen LogP contribution in [0, 0.1) is 17.2 Å². The molecule has 0 heterocycles. The molecular weight excluding hydrogens is 334 g/mol. The van der Waals surface area contributed by atoms with Gasteiger partial charge in [0.05, 0.1) is 22.8 Å². The number of rotatable bonds is 5. The normalized spacial score (nSPS) is 9.60. The van der Waals surface area contributed by atoms with Crippen molar-refractivity contribution < 1.29 is 39.3 Å². The molecule has 0 aliphatic rings. The molecule has 25 heavy (non-hydrogen) atoms. The van der Waals surface area contributed by atoms with E-state index in [1.165, 1.54) is 6.92 Å². The van der Waals surface area contributed by atoms with E-state index in [1.54, 1.807) is 6.07 Å². The van der Waals surface area contributed by atoms with Crippen molar-refractivity contribution in [2.24, 2.45) is 5.92 Å². The summed E-state index contributed by atoms with van der Waals surface area (Å²) >= 11 is 0. The van der Waals surface area contributed by atoms with Gasteiger partial charge in [-0.15, -0.1) is 13.2 Å². The molecule has 1 aromatic carbocycles. The summed E-state index contributed by atoms with van der Waals surface area (Å²) in [6, 6.07) is 4.44. The average molecular weight is 349 g/mol. The SMILES string of the molecule is C=C.CC(C#N)C(=O)C=O.O=C(O)c1ccc(C(=O)O)c(C(=O)O)c1. The van der Waals surface area contributed by atoms with E-state index in [0.29, 0.717) is 0 Å². The van der Waals surface area contributed by atoms with Crippen LogP contribution < -0.4 is 0 Å². The van der Waals surface area contributed by atoms with Crippen LogP contribution in [0.4, 0.5) is 0 Å². The van der Waals surface area contributed by atoms with Gasteiger partial charge >= 0.3 is 17.9 Å². The standard InChI is InChI=1S/C9H6O6.C5H5NO2.C2H4/c10-7(11)4-1-2-5(8(12)13)6(3-4)9(14)15;1-4(2-6)5(8)3-7;1-2/h1-3H,(H,10,11)(H,12,13)(H,14,15);3-4H,1H3;1-2H2. The quantitative estimate of drug-likeness (QED) is 0.405. The third kappa shape index (κ3) is 7.85. The molecule has 0 fully saturated rings. The minimum Gasteiger partial charge on any atom is -0.478 e. The third-order valence-corrected chi connectivity index (χ3v) is 2.46. The molecule has 132 valence electrons. The van der Waals surface area contributed by atoms with E-state index in [1.807, 2.05) is 0 Å². The number of benzene rings is 1. The molecule has 3 N–H and O–H groups in total. The molecule has 0 spiro atoms. The molecule has 9 nitrogen and oxygen atoms in total. The van der Waals surface area contributed by atoms with E-state index in [9.17, 15) is 24.0 Å². The highest BCUT2D eigenvalue weighted by atomic mass is 16.4. The molecule has 0 bridgehead atoms. The number of carbonyl (C=O) groups is 5. The Morgan fingerprint density at radius 1 is 1.04 bits per heavy atom. The summed E-state index contributed by atoms with van der Waals surface area (Å²) in [7, 11) is 0. The average Bonchev–Trinajstić information content (AvgIpc) is 2.61. The number of hydrogen-bond acceptors (Lipinski definition) is 6. The highest BCUT2D eigenvalue weighted by Crippen LogP contribution is 2.12. The molecule has 9 heteroatoms. The molecule has 0 saturated carbocycles. The van der Waals surface area contributed by atoms with Crippen LogP contribution in [0.5, 0.6) is 0 Å². The van der Waals surface area contributed by atoms with Crippen molar-refractivity contribution in [2.75, 3.05) is 0 Å². The Kier molecular flexibility index (Phi) is 11.0. The topological polar surface area (TPSA) is 170 Å². The van der Waals surface area contributed by atoms with Crippen molar-refractivity contribution in [3.05, 3.63) is 48.0 Å². The van der Waals surface area contributed by atoms with Gasteiger partial charge in [0, 0.05) is 0 Å². The summed E-state index contributed by atoms with van der Waals surface area (Å²) < 4.78 is 0. The molecule has 0 aliphatic carbocycles. The Bertz CT molecular complexity index is 717. The number of aromatic carboxylic acids is 3. The van der Waals surface area contributed by atoms with E-state index < -0.39 is 40.7 Å². The van der Waals surface area contributed by atoms with Gasteiger partial charge in [0.15, 0.2) is 6.29 Å². The van der Waals surface area contributed by atoms with E-state index in [4.69, 9.17) is 20.6 Å².